The van der Waals surface area contributed by atoms with Crippen LogP contribution in [0.5, 0.6) is 0 Å². The van der Waals surface area contributed by atoms with Crippen molar-refractivity contribution in [3.63, 3.8) is 0 Å². The fourth-order valence-electron chi connectivity index (χ4n) is 4.37. The van der Waals surface area contributed by atoms with Gasteiger partial charge < -0.3 is 19.7 Å². The molecule has 4 unspecified atom stereocenters. The Morgan fingerprint density at radius 1 is 1.00 bits per heavy atom. The molecule has 9 nitrogen and oxygen atoms in total. The molecule has 36 heavy (non-hydrogen) atoms. The molecule has 1 aliphatic heterocycles. The van der Waals surface area contributed by atoms with E-state index < -0.39 is 48.0 Å². The zero-order valence-corrected chi connectivity index (χ0v) is 21.8. The number of anilines is 1. The summed E-state index contributed by atoms with van der Waals surface area (Å²) in [5.74, 6) is -1.56. The fraction of sp³-hybridized carbons (Fsp3) is 0.808. The van der Waals surface area contributed by atoms with E-state index in [-0.39, 0.29) is 6.61 Å². The Morgan fingerprint density at radius 3 is 2.03 bits per heavy atom. The number of amides is 1. The highest BCUT2D eigenvalue weighted by atomic mass is 19.1. The van der Waals surface area contributed by atoms with Gasteiger partial charge in [-0.2, -0.15) is 4.98 Å². The summed E-state index contributed by atoms with van der Waals surface area (Å²) in [5, 5.41) is 21.9. The number of aromatic nitrogens is 2. The number of carbonyl (C=O) groups is 1. The molecule has 1 aromatic heterocycles. The van der Waals surface area contributed by atoms with Crippen molar-refractivity contribution in [1.82, 2.24) is 9.55 Å². The van der Waals surface area contributed by atoms with Gasteiger partial charge in [0.2, 0.25) is 0 Å². The van der Waals surface area contributed by atoms with Gasteiger partial charge in [0.25, 0.3) is 0 Å². The number of rotatable bonds is 17. The zero-order valence-electron chi connectivity index (χ0n) is 21.8. The van der Waals surface area contributed by atoms with Crippen molar-refractivity contribution in [2.24, 2.45) is 0 Å². The molecule has 2 heterocycles. The molecule has 0 aromatic carbocycles. The van der Waals surface area contributed by atoms with E-state index in [0.29, 0.717) is 6.42 Å². The Balaban J connectivity index is 1.55. The molecule has 0 spiro atoms. The first kappa shape index (κ1) is 30.2. The highest BCUT2D eigenvalue weighted by molar-refractivity contribution is 5.83. The standard InChI is InChI=1S/C26H44FN3O6/c1-3-4-5-6-7-8-9-10-11-12-13-14-15-16-17-35-26(34)29-23-20(27)18-30(25(33)28-23)24-22(32)21(31)19(2)36-24/h18-19,21-22,24,31-32H,3-17H2,1-2H3,(H,28,29,33,34). The highest BCUT2D eigenvalue weighted by Gasteiger charge is 2.42. The minimum absolute atomic E-state index is 0.195. The summed E-state index contributed by atoms with van der Waals surface area (Å²) in [6.45, 7) is 3.96. The second kappa shape index (κ2) is 16.7. The van der Waals surface area contributed by atoms with E-state index in [4.69, 9.17) is 9.47 Å². The monoisotopic (exact) mass is 513 g/mol. The Kier molecular flexibility index (Phi) is 14.0. The van der Waals surface area contributed by atoms with Crippen LogP contribution in [0, 0.1) is 5.82 Å². The number of nitrogens with one attached hydrogen (secondary N) is 1. The van der Waals surface area contributed by atoms with E-state index in [9.17, 15) is 24.2 Å². The third kappa shape index (κ3) is 10.1. The molecule has 10 heteroatoms. The third-order valence-electron chi connectivity index (χ3n) is 6.61. The van der Waals surface area contributed by atoms with Crippen molar-refractivity contribution in [3.05, 3.63) is 22.5 Å². The van der Waals surface area contributed by atoms with Crippen molar-refractivity contribution in [3.8, 4) is 0 Å². The highest BCUT2D eigenvalue weighted by Crippen LogP contribution is 2.28. The quantitative estimate of drug-likeness (QED) is 0.249. The number of ether oxygens (including phenoxy) is 2. The zero-order chi connectivity index (χ0) is 26.3. The molecule has 1 fully saturated rings. The molecule has 2 rings (SSSR count). The van der Waals surface area contributed by atoms with Gasteiger partial charge in [0, 0.05) is 0 Å². The molecule has 1 saturated heterocycles. The van der Waals surface area contributed by atoms with Crippen LogP contribution in [-0.4, -0.2) is 50.8 Å². The largest absolute Gasteiger partial charge is 0.449 e. The summed E-state index contributed by atoms with van der Waals surface area (Å²) in [6.07, 6.45) is 12.4. The molecule has 0 aliphatic carbocycles. The molecule has 206 valence electrons. The van der Waals surface area contributed by atoms with Crippen LogP contribution >= 0.6 is 0 Å². The number of hydrogen-bond acceptors (Lipinski definition) is 7. The van der Waals surface area contributed by atoms with Crippen molar-refractivity contribution in [2.45, 2.75) is 128 Å². The van der Waals surface area contributed by atoms with Gasteiger partial charge in [-0.3, -0.25) is 9.88 Å². The predicted molar refractivity (Wildman–Crippen MR) is 135 cm³/mol. The van der Waals surface area contributed by atoms with Gasteiger partial charge in [-0.1, -0.05) is 90.4 Å². The minimum atomic E-state index is -1.41. The maximum absolute atomic E-state index is 14.4. The Hall–Kier alpha value is -2.04. The fourth-order valence-corrected chi connectivity index (χ4v) is 4.37. The lowest BCUT2D eigenvalue weighted by atomic mass is 10.0. The van der Waals surface area contributed by atoms with Crippen LogP contribution in [0.25, 0.3) is 0 Å². The summed E-state index contributed by atoms with van der Waals surface area (Å²) in [4.78, 5) is 27.7. The van der Waals surface area contributed by atoms with Crippen LogP contribution in [0.15, 0.2) is 11.0 Å². The van der Waals surface area contributed by atoms with Gasteiger partial charge in [0.05, 0.1) is 18.9 Å². The van der Waals surface area contributed by atoms with E-state index >= 15 is 0 Å². The van der Waals surface area contributed by atoms with E-state index in [1.165, 1.54) is 77.6 Å². The molecule has 1 aliphatic rings. The van der Waals surface area contributed by atoms with E-state index in [0.717, 1.165) is 23.6 Å². The summed E-state index contributed by atoms with van der Waals surface area (Å²) >= 11 is 0. The summed E-state index contributed by atoms with van der Waals surface area (Å²) in [5.41, 5.74) is -0.941. The van der Waals surface area contributed by atoms with Gasteiger partial charge >= 0.3 is 11.8 Å². The molecular weight excluding hydrogens is 469 g/mol. The molecular formula is C26H44FN3O6. The minimum Gasteiger partial charge on any atom is -0.449 e. The number of halogens is 1. The molecule has 0 bridgehead atoms. The maximum Gasteiger partial charge on any atom is 0.412 e. The Labute approximate surface area is 213 Å². The van der Waals surface area contributed by atoms with Gasteiger partial charge in [0.15, 0.2) is 17.9 Å². The normalized spacial score (nSPS) is 21.6. The van der Waals surface area contributed by atoms with Crippen LogP contribution in [-0.2, 0) is 9.47 Å². The van der Waals surface area contributed by atoms with Crippen LogP contribution < -0.4 is 11.0 Å². The smallest absolute Gasteiger partial charge is 0.412 e. The number of carbonyl (C=O) groups excluding carboxylic acids is 1. The molecule has 0 saturated carbocycles. The average molecular weight is 514 g/mol. The Morgan fingerprint density at radius 2 is 1.53 bits per heavy atom. The number of aliphatic hydroxyl groups is 2. The summed E-state index contributed by atoms with van der Waals surface area (Å²) in [7, 11) is 0. The molecule has 4 atom stereocenters. The number of hydrogen-bond donors (Lipinski definition) is 3. The van der Waals surface area contributed by atoms with Crippen molar-refractivity contribution >= 4 is 11.9 Å². The first-order valence-corrected chi connectivity index (χ1v) is 13.6. The van der Waals surface area contributed by atoms with E-state index in [2.05, 4.69) is 17.2 Å². The van der Waals surface area contributed by atoms with Crippen molar-refractivity contribution in [1.29, 1.82) is 0 Å². The first-order chi connectivity index (χ1) is 17.3. The van der Waals surface area contributed by atoms with E-state index in [1.807, 2.05) is 0 Å². The van der Waals surface area contributed by atoms with Gasteiger partial charge in [-0.25, -0.2) is 14.0 Å². The predicted octanol–water partition coefficient (Wildman–Crippen LogP) is 5.05. The molecule has 0 radical (unpaired) electrons. The summed E-state index contributed by atoms with van der Waals surface area (Å²) in [6, 6.07) is 0. The van der Waals surface area contributed by atoms with Crippen LogP contribution in [0.3, 0.4) is 0 Å². The van der Waals surface area contributed by atoms with Crippen molar-refractivity contribution in [2.75, 3.05) is 11.9 Å². The molecule has 1 amide bonds. The van der Waals surface area contributed by atoms with E-state index in [1.54, 1.807) is 0 Å². The average Bonchev–Trinajstić information content (AvgIpc) is 3.10. The van der Waals surface area contributed by atoms with Crippen LogP contribution in [0.4, 0.5) is 15.0 Å². The molecule has 3 N–H and O–H groups in total. The first-order valence-electron chi connectivity index (χ1n) is 13.6. The second-order valence-corrected chi connectivity index (χ2v) is 9.70. The van der Waals surface area contributed by atoms with Gasteiger partial charge in [-0.15, -0.1) is 0 Å². The van der Waals surface area contributed by atoms with Crippen molar-refractivity contribution < 1.29 is 28.9 Å². The maximum atomic E-state index is 14.4. The number of aliphatic hydroxyl groups excluding tert-OH is 2. The number of unbranched alkanes of at least 4 members (excludes halogenated alkanes) is 13. The van der Waals surface area contributed by atoms with Gasteiger partial charge in [0.1, 0.15) is 12.2 Å². The van der Waals surface area contributed by atoms with Crippen LogP contribution in [0.2, 0.25) is 0 Å². The SMILES string of the molecule is CCCCCCCCCCCCCCCCOC(=O)Nc1nc(=O)n(C2OC(C)C(O)C2O)cc1F. The number of nitrogens with zero attached hydrogens (tertiary/aromatic N) is 2. The lowest BCUT2D eigenvalue weighted by Crippen LogP contribution is -2.36. The topological polar surface area (TPSA) is 123 Å². The Bertz CT molecular complexity index is 836. The third-order valence-corrected chi connectivity index (χ3v) is 6.61. The van der Waals surface area contributed by atoms with Crippen LogP contribution in [0.1, 0.15) is 110 Å². The van der Waals surface area contributed by atoms with Gasteiger partial charge in [-0.05, 0) is 13.3 Å². The summed E-state index contributed by atoms with van der Waals surface area (Å²) < 4.78 is 25.5. The lowest BCUT2D eigenvalue weighted by Gasteiger charge is -2.17. The molecule has 1 aromatic rings. The second-order valence-electron chi connectivity index (χ2n) is 9.70. The lowest BCUT2D eigenvalue weighted by molar-refractivity contribution is -0.0355.